The van der Waals surface area contributed by atoms with Crippen molar-refractivity contribution in [3.63, 3.8) is 0 Å². The van der Waals surface area contributed by atoms with Gasteiger partial charge >= 0.3 is 0 Å². The summed E-state index contributed by atoms with van der Waals surface area (Å²) in [5, 5.41) is 0. The van der Waals surface area contributed by atoms with Crippen molar-refractivity contribution in [3.05, 3.63) is 41.7 Å². The van der Waals surface area contributed by atoms with E-state index >= 15 is 0 Å². The van der Waals surface area contributed by atoms with Crippen molar-refractivity contribution in [1.82, 2.24) is 9.97 Å². The zero-order valence-corrected chi connectivity index (χ0v) is 14.3. The molecule has 2 N–H and O–H groups in total. The van der Waals surface area contributed by atoms with Crippen LogP contribution in [0.5, 0.6) is 0 Å². The molecule has 1 saturated heterocycles. The maximum atomic E-state index is 6.03. The van der Waals surface area contributed by atoms with Crippen LogP contribution in [0.4, 0.5) is 5.69 Å². The number of hydrogen-bond donors (Lipinski definition) is 1. The van der Waals surface area contributed by atoms with Crippen molar-refractivity contribution in [2.75, 3.05) is 18.0 Å². The Bertz CT molecular complexity index is 673. The normalized spacial score (nSPS) is 16.1. The Morgan fingerprint density at radius 2 is 1.96 bits per heavy atom. The lowest BCUT2D eigenvalue weighted by Crippen LogP contribution is -2.40. The summed E-state index contributed by atoms with van der Waals surface area (Å²) in [5.41, 5.74) is 10.6. The Hall–Kier alpha value is -1.94. The maximum absolute atomic E-state index is 6.03. The number of aromatic nitrogens is 2. The second-order valence-corrected chi connectivity index (χ2v) is 6.81. The van der Waals surface area contributed by atoms with E-state index in [1.165, 1.54) is 11.3 Å². The minimum absolute atomic E-state index is 0.334. The average Bonchev–Trinajstić information content (AvgIpc) is 2.55. The van der Waals surface area contributed by atoms with Crippen LogP contribution in [0.25, 0.3) is 11.4 Å². The topological polar surface area (TPSA) is 55.0 Å². The summed E-state index contributed by atoms with van der Waals surface area (Å²) in [6.07, 6.45) is 4.07. The van der Waals surface area contributed by atoms with Gasteiger partial charge in [0.2, 0.25) is 0 Å². The highest BCUT2D eigenvalue weighted by Gasteiger charge is 2.21. The number of aryl methyl sites for hydroxylation is 1. The molecule has 0 bridgehead atoms. The Morgan fingerprint density at radius 1 is 1.22 bits per heavy atom. The van der Waals surface area contributed by atoms with E-state index in [4.69, 9.17) is 10.7 Å². The van der Waals surface area contributed by atoms with Gasteiger partial charge < -0.3 is 10.6 Å². The van der Waals surface area contributed by atoms with Gasteiger partial charge in [0.1, 0.15) is 0 Å². The molecule has 0 aliphatic carbocycles. The van der Waals surface area contributed by atoms with Crippen LogP contribution in [0.1, 0.15) is 43.9 Å². The van der Waals surface area contributed by atoms with Crippen LogP contribution in [0, 0.1) is 6.92 Å². The lowest BCUT2D eigenvalue weighted by atomic mass is 10.0. The summed E-state index contributed by atoms with van der Waals surface area (Å²) >= 11 is 0. The smallest absolute Gasteiger partial charge is 0.159 e. The molecule has 3 rings (SSSR count). The second kappa shape index (κ2) is 6.67. The zero-order valence-electron chi connectivity index (χ0n) is 14.3. The number of anilines is 1. The largest absolute Gasteiger partial charge is 0.369 e. The summed E-state index contributed by atoms with van der Waals surface area (Å²) < 4.78 is 0. The Morgan fingerprint density at radius 3 is 2.61 bits per heavy atom. The fourth-order valence-corrected chi connectivity index (χ4v) is 3.12. The van der Waals surface area contributed by atoms with Crippen molar-refractivity contribution in [3.8, 4) is 11.4 Å². The molecular formula is C19H26N4. The molecule has 23 heavy (non-hydrogen) atoms. The molecule has 1 aromatic carbocycles. The number of piperidine rings is 1. The molecule has 122 valence electrons. The van der Waals surface area contributed by atoms with Crippen molar-refractivity contribution in [1.29, 1.82) is 0 Å². The highest BCUT2D eigenvalue weighted by Crippen LogP contribution is 2.29. The van der Waals surface area contributed by atoms with Crippen LogP contribution < -0.4 is 10.6 Å². The van der Waals surface area contributed by atoms with Crippen molar-refractivity contribution >= 4 is 5.69 Å². The summed E-state index contributed by atoms with van der Waals surface area (Å²) in [4.78, 5) is 11.9. The quantitative estimate of drug-likeness (QED) is 0.942. The van der Waals surface area contributed by atoms with Gasteiger partial charge in [0.05, 0.1) is 17.6 Å². The predicted octanol–water partition coefficient (Wildman–Crippen LogP) is 3.50. The Labute approximate surface area is 138 Å². The van der Waals surface area contributed by atoms with Gasteiger partial charge in [-0.3, -0.25) is 0 Å². The molecule has 0 saturated carbocycles. The first-order valence-corrected chi connectivity index (χ1v) is 8.49. The first-order valence-electron chi connectivity index (χ1n) is 8.49. The van der Waals surface area contributed by atoms with Crippen LogP contribution in [0.15, 0.2) is 30.5 Å². The third-order valence-corrected chi connectivity index (χ3v) is 4.50. The molecule has 0 amide bonds. The molecule has 4 heteroatoms. The summed E-state index contributed by atoms with van der Waals surface area (Å²) in [7, 11) is 0. The van der Waals surface area contributed by atoms with Gasteiger partial charge in [-0.2, -0.15) is 0 Å². The average molecular weight is 310 g/mol. The molecule has 0 radical (unpaired) electrons. The maximum Gasteiger partial charge on any atom is 0.159 e. The van der Waals surface area contributed by atoms with Crippen LogP contribution in [0.3, 0.4) is 0 Å². The van der Waals surface area contributed by atoms with Crippen molar-refractivity contribution in [2.45, 2.75) is 45.6 Å². The lowest BCUT2D eigenvalue weighted by molar-refractivity contribution is 0.499. The molecule has 0 unspecified atom stereocenters. The lowest BCUT2D eigenvalue weighted by Gasteiger charge is -2.33. The van der Waals surface area contributed by atoms with Gasteiger partial charge in [0, 0.05) is 24.7 Å². The highest BCUT2D eigenvalue weighted by molar-refractivity contribution is 5.60. The van der Waals surface area contributed by atoms with Gasteiger partial charge in [0.25, 0.3) is 0 Å². The third-order valence-electron chi connectivity index (χ3n) is 4.50. The molecule has 2 aromatic rings. The molecule has 4 nitrogen and oxygen atoms in total. The number of hydrogen-bond acceptors (Lipinski definition) is 4. The highest BCUT2D eigenvalue weighted by atomic mass is 15.2. The van der Waals surface area contributed by atoms with Crippen LogP contribution in [-0.4, -0.2) is 29.1 Å². The van der Waals surface area contributed by atoms with Gasteiger partial charge in [-0.25, -0.2) is 9.97 Å². The summed E-state index contributed by atoms with van der Waals surface area (Å²) in [6, 6.07) is 8.70. The van der Waals surface area contributed by atoms with E-state index in [-0.39, 0.29) is 0 Å². The van der Waals surface area contributed by atoms with Crippen molar-refractivity contribution in [2.24, 2.45) is 5.73 Å². The molecule has 1 aliphatic rings. The molecule has 2 heterocycles. The Kier molecular flexibility index (Phi) is 4.62. The van der Waals surface area contributed by atoms with E-state index in [1.807, 2.05) is 6.20 Å². The standard InChI is InChI=1S/C19H26N4/c1-13(2)18-17(23-9-7-16(20)8-10-23)12-21-19(22-18)15-6-4-5-14(3)11-15/h4-6,11-13,16H,7-10,20H2,1-3H3. The van der Waals surface area contributed by atoms with Gasteiger partial charge in [-0.05, 0) is 31.7 Å². The van der Waals surface area contributed by atoms with E-state index in [0.29, 0.717) is 12.0 Å². The number of benzene rings is 1. The minimum Gasteiger partial charge on any atom is -0.369 e. The van der Waals surface area contributed by atoms with Crippen LogP contribution in [-0.2, 0) is 0 Å². The molecular weight excluding hydrogens is 284 g/mol. The number of nitrogens with two attached hydrogens (primary N) is 1. The van der Waals surface area contributed by atoms with E-state index in [2.05, 4.69) is 54.9 Å². The summed E-state index contributed by atoms with van der Waals surface area (Å²) in [6.45, 7) is 8.48. The number of nitrogens with zero attached hydrogens (tertiary/aromatic N) is 3. The van der Waals surface area contributed by atoms with E-state index in [1.54, 1.807) is 0 Å². The zero-order chi connectivity index (χ0) is 16.4. The fourth-order valence-electron chi connectivity index (χ4n) is 3.12. The predicted molar refractivity (Wildman–Crippen MR) is 95.7 cm³/mol. The van der Waals surface area contributed by atoms with Crippen molar-refractivity contribution < 1.29 is 0 Å². The van der Waals surface area contributed by atoms with E-state index in [0.717, 1.165) is 43.0 Å². The number of rotatable bonds is 3. The fraction of sp³-hybridized carbons (Fsp3) is 0.474. The van der Waals surface area contributed by atoms with Gasteiger partial charge in [-0.15, -0.1) is 0 Å². The molecule has 1 aliphatic heterocycles. The SMILES string of the molecule is Cc1cccc(-c2ncc(N3CCC(N)CC3)c(C(C)C)n2)c1. The monoisotopic (exact) mass is 310 g/mol. The molecule has 1 aromatic heterocycles. The van der Waals surface area contributed by atoms with Gasteiger partial charge in [-0.1, -0.05) is 37.6 Å². The van der Waals surface area contributed by atoms with Crippen LogP contribution >= 0.6 is 0 Å². The molecule has 0 atom stereocenters. The third kappa shape index (κ3) is 3.53. The second-order valence-electron chi connectivity index (χ2n) is 6.81. The van der Waals surface area contributed by atoms with Gasteiger partial charge in [0.15, 0.2) is 5.82 Å². The first-order chi connectivity index (χ1) is 11.0. The molecule has 0 spiro atoms. The Balaban J connectivity index is 1.96. The minimum atomic E-state index is 0.334. The summed E-state index contributed by atoms with van der Waals surface area (Å²) in [5.74, 6) is 1.18. The first kappa shape index (κ1) is 15.9. The van der Waals surface area contributed by atoms with E-state index < -0.39 is 0 Å². The van der Waals surface area contributed by atoms with Crippen LogP contribution in [0.2, 0.25) is 0 Å². The van der Waals surface area contributed by atoms with E-state index in [9.17, 15) is 0 Å². The molecule has 1 fully saturated rings.